The molecular formula is C28H33ClN4O5. The predicted molar refractivity (Wildman–Crippen MR) is 148 cm³/mol. The number of fused-ring (bicyclic) bond motifs is 1. The maximum atomic E-state index is 13.7. The minimum absolute atomic E-state index is 0.125. The Kier molecular flexibility index (Phi) is 9.38. The Balaban J connectivity index is 2.16. The second-order valence-corrected chi connectivity index (χ2v) is 10.5. The van der Waals surface area contributed by atoms with Gasteiger partial charge in [0.2, 0.25) is 0 Å². The summed E-state index contributed by atoms with van der Waals surface area (Å²) in [6.45, 7) is 9.10. The lowest BCUT2D eigenvalue weighted by atomic mass is 9.98. The van der Waals surface area contributed by atoms with Gasteiger partial charge in [-0.05, 0) is 81.5 Å². The van der Waals surface area contributed by atoms with Gasteiger partial charge in [0, 0.05) is 29.4 Å². The first kappa shape index (κ1) is 29.0. The van der Waals surface area contributed by atoms with Crippen molar-refractivity contribution in [2.24, 2.45) is 16.1 Å². The Hall–Kier alpha value is -3.59. The Morgan fingerprint density at radius 1 is 1.18 bits per heavy atom. The molecule has 0 bridgehead atoms. The van der Waals surface area contributed by atoms with Crippen LogP contribution in [0.15, 0.2) is 57.1 Å². The highest BCUT2D eigenvalue weighted by atomic mass is 35.5. The molecular weight excluding hydrogens is 508 g/mol. The van der Waals surface area contributed by atoms with E-state index in [-0.39, 0.29) is 29.4 Å². The fourth-order valence-corrected chi connectivity index (χ4v) is 4.37. The number of esters is 1. The van der Waals surface area contributed by atoms with Gasteiger partial charge < -0.3 is 14.6 Å². The number of rotatable bonds is 8. The lowest BCUT2D eigenvalue weighted by molar-refractivity contribution is -0.155. The largest absolute Gasteiger partial charge is 0.459 e. The van der Waals surface area contributed by atoms with E-state index in [2.05, 4.69) is 15.5 Å². The molecule has 1 aromatic heterocycles. The van der Waals surface area contributed by atoms with Crippen molar-refractivity contribution in [3.05, 3.63) is 84.8 Å². The number of nitrogens with one attached hydrogen (secondary N) is 1. The topological polar surface area (TPSA) is 119 Å². The number of aromatic nitrogens is 1. The number of halogens is 1. The first-order valence-electron chi connectivity index (χ1n) is 12.6. The van der Waals surface area contributed by atoms with Crippen LogP contribution in [0.5, 0.6) is 0 Å². The van der Waals surface area contributed by atoms with Crippen molar-refractivity contribution in [3.8, 4) is 0 Å². The number of nitrogens with zero attached hydrogens (tertiary/aromatic N) is 3. The number of carbonyl (C=O) groups excluding carboxylic acids is 2. The van der Waals surface area contributed by atoms with Crippen molar-refractivity contribution < 1.29 is 14.3 Å². The molecule has 1 atom stereocenters. The summed E-state index contributed by atoms with van der Waals surface area (Å²) in [7, 11) is 0. The van der Waals surface area contributed by atoms with Crippen LogP contribution in [-0.2, 0) is 29.0 Å². The van der Waals surface area contributed by atoms with Crippen LogP contribution in [0.4, 0.5) is 0 Å². The fraction of sp³-hybridized carbons (Fsp3) is 0.429. The maximum Gasteiger partial charge on any atom is 0.326 e. The van der Waals surface area contributed by atoms with E-state index < -0.39 is 29.6 Å². The average Bonchev–Trinajstić information content (AvgIpc) is 3.00. The molecule has 38 heavy (non-hydrogen) atoms. The van der Waals surface area contributed by atoms with Gasteiger partial charge in [-0.25, -0.2) is 0 Å². The lowest BCUT2D eigenvalue weighted by Crippen LogP contribution is -2.38. The third-order valence-electron chi connectivity index (χ3n) is 6.00. The summed E-state index contributed by atoms with van der Waals surface area (Å²) < 4.78 is 6.76. The number of aliphatic imine (C=N–C) groups is 1. The number of amides is 1. The van der Waals surface area contributed by atoms with E-state index in [9.17, 15) is 19.3 Å². The minimum atomic E-state index is -0.762. The zero-order valence-electron chi connectivity index (χ0n) is 22.3. The number of carbonyl (C=O) groups is 2. The van der Waals surface area contributed by atoms with Crippen LogP contribution in [-0.4, -0.2) is 34.3 Å². The maximum absolute atomic E-state index is 13.7. The second kappa shape index (κ2) is 12.3. The summed E-state index contributed by atoms with van der Waals surface area (Å²) in [4.78, 5) is 56.1. The van der Waals surface area contributed by atoms with E-state index in [1.165, 1.54) is 10.6 Å². The zero-order chi connectivity index (χ0) is 28.0. The van der Waals surface area contributed by atoms with E-state index in [1.54, 1.807) is 51.1 Å². The molecule has 0 saturated carbocycles. The molecule has 0 spiro atoms. The monoisotopic (exact) mass is 540 g/mol. The van der Waals surface area contributed by atoms with Gasteiger partial charge in [-0.1, -0.05) is 30.7 Å². The first-order valence-corrected chi connectivity index (χ1v) is 13.0. The third kappa shape index (κ3) is 7.04. The highest BCUT2D eigenvalue weighted by Gasteiger charge is 2.29. The number of hydrogen-bond acceptors (Lipinski definition) is 7. The molecule has 1 heterocycles. The number of benzene rings is 1. The number of nitroso groups, excluding NO2 is 1. The summed E-state index contributed by atoms with van der Waals surface area (Å²) in [5.74, 6) is -1.37. The Morgan fingerprint density at radius 3 is 2.45 bits per heavy atom. The Bertz CT molecular complexity index is 1340. The lowest BCUT2D eigenvalue weighted by Gasteiger charge is -2.22. The molecule has 1 aliphatic rings. The molecule has 1 aliphatic carbocycles. The molecule has 0 fully saturated rings. The predicted octanol–water partition coefficient (Wildman–Crippen LogP) is 4.82. The molecule has 1 aromatic carbocycles. The van der Waals surface area contributed by atoms with Gasteiger partial charge in [-0.15, -0.1) is 4.91 Å². The van der Waals surface area contributed by atoms with Crippen molar-refractivity contribution in [2.45, 2.75) is 66.2 Å². The van der Waals surface area contributed by atoms with E-state index in [4.69, 9.17) is 16.3 Å². The number of allylic oxidation sites excluding steroid dienone is 2. The molecule has 10 heteroatoms. The van der Waals surface area contributed by atoms with E-state index in [0.717, 1.165) is 5.56 Å². The highest BCUT2D eigenvalue weighted by Crippen LogP contribution is 2.27. The van der Waals surface area contributed by atoms with E-state index in [0.29, 0.717) is 35.7 Å². The highest BCUT2D eigenvalue weighted by molar-refractivity contribution is 6.30. The van der Waals surface area contributed by atoms with Crippen molar-refractivity contribution in [1.29, 1.82) is 0 Å². The summed E-state index contributed by atoms with van der Waals surface area (Å²) in [6.07, 6.45) is 2.77. The Labute approximate surface area is 226 Å². The third-order valence-corrected chi connectivity index (χ3v) is 6.26. The van der Waals surface area contributed by atoms with Gasteiger partial charge in [-0.3, -0.25) is 19.4 Å². The standard InChI is InChI=1S/C28H33ClN4O5/c1-6-17-12-22(32-37)25(30-7-2)20-14-21(26(35)31-15-18-8-10-19(29)11-9-18)27(36)33(23(20)13-17)16-24(34)38-28(3,4)5/h8-12,14,17H,6-7,13,15-16H2,1-5H3,(H,31,35). The smallest absolute Gasteiger partial charge is 0.326 e. The number of hydrogen-bond donors (Lipinski definition) is 1. The molecule has 3 rings (SSSR count). The van der Waals surface area contributed by atoms with Crippen LogP contribution in [0.3, 0.4) is 0 Å². The second-order valence-electron chi connectivity index (χ2n) is 10.0. The van der Waals surface area contributed by atoms with Gasteiger partial charge in [0.05, 0.1) is 5.71 Å². The molecule has 202 valence electrons. The molecule has 0 saturated heterocycles. The Morgan fingerprint density at radius 2 is 1.87 bits per heavy atom. The molecule has 1 amide bonds. The van der Waals surface area contributed by atoms with E-state index in [1.807, 2.05) is 13.8 Å². The number of pyridine rings is 1. The summed E-state index contributed by atoms with van der Waals surface area (Å²) in [5.41, 5.74) is 0.591. The van der Waals surface area contributed by atoms with Crippen LogP contribution in [0.2, 0.25) is 5.02 Å². The molecule has 0 aliphatic heterocycles. The van der Waals surface area contributed by atoms with Crippen molar-refractivity contribution in [1.82, 2.24) is 9.88 Å². The molecule has 9 nitrogen and oxygen atoms in total. The van der Waals surface area contributed by atoms with Crippen molar-refractivity contribution >= 4 is 29.2 Å². The summed E-state index contributed by atoms with van der Waals surface area (Å²) >= 11 is 5.94. The van der Waals surface area contributed by atoms with Gasteiger partial charge in [0.25, 0.3) is 11.5 Å². The SMILES string of the molecule is CCN=C1C(N=O)=CC(CC)Cc2c1cc(C(=O)NCc1ccc(Cl)cc1)c(=O)n2CC(=O)OC(C)(C)C. The normalized spacial score (nSPS) is 16.3. The molecule has 1 N–H and O–H groups in total. The van der Waals surface area contributed by atoms with Crippen molar-refractivity contribution in [2.75, 3.05) is 6.54 Å². The van der Waals surface area contributed by atoms with Crippen molar-refractivity contribution in [3.63, 3.8) is 0 Å². The molecule has 1 unspecified atom stereocenters. The van der Waals surface area contributed by atoms with Gasteiger partial charge in [-0.2, -0.15) is 0 Å². The summed E-state index contributed by atoms with van der Waals surface area (Å²) in [6, 6.07) is 8.40. The van der Waals surface area contributed by atoms with Gasteiger partial charge >= 0.3 is 5.97 Å². The summed E-state index contributed by atoms with van der Waals surface area (Å²) in [5, 5.41) is 6.54. The van der Waals surface area contributed by atoms with Crippen LogP contribution in [0.1, 0.15) is 68.2 Å². The van der Waals surface area contributed by atoms with Crippen LogP contribution >= 0.6 is 11.6 Å². The minimum Gasteiger partial charge on any atom is -0.459 e. The zero-order valence-corrected chi connectivity index (χ0v) is 23.1. The van der Waals surface area contributed by atoms with Crippen LogP contribution < -0.4 is 10.9 Å². The molecule has 2 aromatic rings. The van der Waals surface area contributed by atoms with Gasteiger partial charge in [0.1, 0.15) is 23.4 Å². The van der Waals surface area contributed by atoms with Gasteiger partial charge in [0.15, 0.2) is 0 Å². The molecule has 0 radical (unpaired) electrons. The average molecular weight is 541 g/mol. The van der Waals surface area contributed by atoms with Crippen LogP contribution in [0, 0.1) is 10.8 Å². The van der Waals surface area contributed by atoms with Crippen LogP contribution in [0.25, 0.3) is 0 Å². The number of ether oxygens (including phenoxy) is 1. The van der Waals surface area contributed by atoms with E-state index >= 15 is 0 Å². The fourth-order valence-electron chi connectivity index (χ4n) is 4.25. The quantitative estimate of drug-likeness (QED) is 0.380. The first-order chi connectivity index (χ1) is 18.0.